The minimum absolute atomic E-state index is 0.178. The third kappa shape index (κ3) is 4.44. The van der Waals surface area contributed by atoms with Crippen LogP contribution in [0.3, 0.4) is 0 Å². The first-order valence-corrected chi connectivity index (χ1v) is 10.9. The molecule has 0 fully saturated rings. The first-order valence-electron chi connectivity index (χ1n) is 10.9. The van der Waals surface area contributed by atoms with Gasteiger partial charge in [-0.2, -0.15) is 0 Å². The van der Waals surface area contributed by atoms with E-state index in [0.717, 1.165) is 12.8 Å². The van der Waals surface area contributed by atoms with Gasteiger partial charge >= 0.3 is 0 Å². The summed E-state index contributed by atoms with van der Waals surface area (Å²) < 4.78 is 6.22. The quantitative estimate of drug-likeness (QED) is 0.353. The lowest BCUT2D eigenvalue weighted by Gasteiger charge is -2.46. The van der Waals surface area contributed by atoms with Crippen molar-refractivity contribution in [2.24, 2.45) is 0 Å². The van der Waals surface area contributed by atoms with Gasteiger partial charge in [-0.1, -0.05) is 27.2 Å². The summed E-state index contributed by atoms with van der Waals surface area (Å²) in [6.45, 7) is 11.7. The molecule has 30 heavy (non-hydrogen) atoms. The number of anilines is 1. The maximum absolute atomic E-state index is 12.3. The number of aliphatic hydroxyl groups excluding tert-OH is 1. The van der Waals surface area contributed by atoms with Gasteiger partial charge in [0.15, 0.2) is 0 Å². The van der Waals surface area contributed by atoms with Crippen molar-refractivity contribution in [1.82, 2.24) is 5.32 Å². The summed E-state index contributed by atoms with van der Waals surface area (Å²) in [6.07, 6.45) is 2.25. The molecule has 0 saturated carbocycles. The van der Waals surface area contributed by atoms with E-state index in [9.17, 15) is 20.0 Å². The molecular formula is C22H35N3O5. The molecule has 0 aromatic heterocycles. The van der Waals surface area contributed by atoms with E-state index in [1.807, 2.05) is 27.7 Å². The molecule has 1 aliphatic rings. The van der Waals surface area contributed by atoms with Crippen LogP contribution in [0.4, 0.5) is 11.4 Å². The fourth-order valence-corrected chi connectivity index (χ4v) is 4.28. The summed E-state index contributed by atoms with van der Waals surface area (Å²) in [5.74, 6) is 0.109. The van der Waals surface area contributed by atoms with Crippen molar-refractivity contribution in [3.05, 3.63) is 27.8 Å². The molecule has 2 N–H and O–H groups in total. The minimum Gasteiger partial charge on any atom is -0.484 e. The Morgan fingerprint density at radius 2 is 1.97 bits per heavy atom. The van der Waals surface area contributed by atoms with Gasteiger partial charge in [-0.25, -0.2) is 0 Å². The summed E-state index contributed by atoms with van der Waals surface area (Å²) in [6, 6.07) is 2.34. The number of nitrogens with zero attached hydrogens (tertiary/aromatic N) is 2. The van der Waals surface area contributed by atoms with E-state index in [4.69, 9.17) is 4.74 Å². The number of fused-ring (bicyclic) bond motifs is 1. The third-order valence-corrected chi connectivity index (χ3v) is 6.01. The number of rotatable bonds is 9. The molecule has 8 heteroatoms. The summed E-state index contributed by atoms with van der Waals surface area (Å²) in [7, 11) is 0. The number of amides is 1. The number of nitro groups is 1. The third-order valence-electron chi connectivity index (χ3n) is 6.01. The average Bonchev–Trinajstić information content (AvgIpc) is 2.68. The Hall–Kier alpha value is -2.19. The van der Waals surface area contributed by atoms with Gasteiger partial charge in [0.2, 0.25) is 5.91 Å². The van der Waals surface area contributed by atoms with Gasteiger partial charge in [0.1, 0.15) is 23.1 Å². The van der Waals surface area contributed by atoms with Crippen molar-refractivity contribution in [3.8, 4) is 5.75 Å². The van der Waals surface area contributed by atoms with E-state index < -0.39 is 22.7 Å². The second-order valence-electron chi connectivity index (χ2n) is 8.22. The number of nitro benzene ring substituents is 1. The van der Waals surface area contributed by atoms with Gasteiger partial charge in [0, 0.05) is 18.5 Å². The first kappa shape index (κ1) is 24.1. The van der Waals surface area contributed by atoms with Crippen molar-refractivity contribution < 1.29 is 19.6 Å². The zero-order valence-corrected chi connectivity index (χ0v) is 18.9. The summed E-state index contributed by atoms with van der Waals surface area (Å²) in [4.78, 5) is 25.1. The SMILES string of the molecule is CCCCNC1c2cc(N(C(C)=O)C(C)C)c([N+](=O)[O-])cc2OC(CC)(CC)C1O. The van der Waals surface area contributed by atoms with Crippen molar-refractivity contribution in [2.45, 2.75) is 91.0 Å². The van der Waals surface area contributed by atoms with Crippen LogP contribution in [-0.4, -0.2) is 40.2 Å². The van der Waals surface area contributed by atoms with Gasteiger partial charge in [0.05, 0.1) is 17.0 Å². The van der Waals surface area contributed by atoms with E-state index in [2.05, 4.69) is 12.2 Å². The van der Waals surface area contributed by atoms with Gasteiger partial charge in [-0.15, -0.1) is 0 Å². The van der Waals surface area contributed by atoms with Crippen LogP contribution in [0.5, 0.6) is 5.75 Å². The van der Waals surface area contributed by atoms with Gasteiger partial charge in [-0.3, -0.25) is 14.9 Å². The molecule has 1 heterocycles. The smallest absolute Gasteiger partial charge is 0.296 e. The highest BCUT2D eigenvalue weighted by atomic mass is 16.6. The number of hydrogen-bond donors (Lipinski definition) is 2. The predicted molar refractivity (Wildman–Crippen MR) is 117 cm³/mol. The van der Waals surface area contributed by atoms with Crippen molar-refractivity contribution in [2.75, 3.05) is 11.4 Å². The van der Waals surface area contributed by atoms with Crippen molar-refractivity contribution in [1.29, 1.82) is 0 Å². The Kier molecular flexibility index (Phi) is 7.82. The van der Waals surface area contributed by atoms with Crippen LogP contribution in [0.2, 0.25) is 0 Å². The first-order chi connectivity index (χ1) is 14.1. The highest BCUT2D eigenvalue weighted by Gasteiger charge is 2.48. The average molecular weight is 422 g/mol. The van der Waals surface area contributed by atoms with Gasteiger partial charge in [0.25, 0.3) is 5.69 Å². The molecule has 2 rings (SSSR count). The van der Waals surface area contributed by atoms with Crippen molar-refractivity contribution in [3.63, 3.8) is 0 Å². The van der Waals surface area contributed by atoms with Crippen LogP contribution < -0.4 is 15.0 Å². The number of hydrogen-bond acceptors (Lipinski definition) is 6. The zero-order chi connectivity index (χ0) is 22.6. The standard InChI is InChI=1S/C22H35N3O5/c1-7-10-11-23-20-16-12-17(24(14(4)5)15(6)26)18(25(28)29)13-19(16)30-22(8-2,9-3)21(20)27/h12-14,20-21,23,27H,7-11H2,1-6H3. The molecule has 1 aromatic carbocycles. The van der Waals surface area contributed by atoms with E-state index in [0.29, 0.717) is 30.7 Å². The van der Waals surface area contributed by atoms with Crippen LogP contribution >= 0.6 is 0 Å². The molecule has 1 aliphatic heterocycles. The second kappa shape index (κ2) is 9.75. The summed E-state index contributed by atoms with van der Waals surface area (Å²) in [5, 5.41) is 26.5. The number of benzene rings is 1. The van der Waals surface area contributed by atoms with Crippen LogP contribution in [0, 0.1) is 10.1 Å². The van der Waals surface area contributed by atoms with Crippen LogP contribution in [0.25, 0.3) is 0 Å². The molecular weight excluding hydrogens is 386 g/mol. The predicted octanol–water partition coefficient (Wildman–Crippen LogP) is 4.10. The monoisotopic (exact) mass is 421 g/mol. The van der Waals surface area contributed by atoms with Crippen LogP contribution in [0.1, 0.15) is 78.8 Å². The summed E-state index contributed by atoms with van der Waals surface area (Å²) >= 11 is 0. The molecule has 1 aromatic rings. The number of ether oxygens (including phenoxy) is 1. The van der Waals surface area contributed by atoms with E-state index in [-0.39, 0.29) is 23.3 Å². The molecule has 0 spiro atoms. The Morgan fingerprint density at radius 3 is 2.43 bits per heavy atom. The normalized spacial score (nSPS) is 19.9. The Balaban J connectivity index is 2.71. The summed E-state index contributed by atoms with van der Waals surface area (Å²) in [5.41, 5.74) is -0.143. The lowest BCUT2D eigenvalue weighted by molar-refractivity contribution is -0.384. The maximum Gasteiger partial charge on any atom is 0.296 e. The van der Waals surface area contributed by atoms with Crippen LogP contribution in [0.15, 0.2) is 12.1 Å². The molecule has 2 atom stereocenters. The highest BCUT2D eigenvalue weighted by Crippen LogP contribution is 2.47. The van der Waals surface area contributed by atoms with E-state index in [1.54, 1.807) is 6.07 Å². The molecule has 1 amide bonds. The largest absolute Gasteiger partial charge is 0.484 e. The fourth-order valence-electron chi connectivity index (χ4n) is 4.28. The number of carbonyl (C=O) groups excluding carboxylic acids is 1. The molecule has 0 saturated heterocycles. The van der Waals surface area contributed by atoms with Crippen LogP contribution in [-0.2, 0) is 4.79 Å². The Morgan fingerprint density at radius 1 is 1.33 bits per heavy atom. The second-order valence-corrected chi connectivity index (χ2v) is 8.22. The fraction of sp³-hybridized carbons (Fsp3) is 0.682. The lowest BCUT2D eigenvalue weighted by Crippen LogP contribution is -2.55. The maximum atomic E-state index is 12.3. The molecule has 2 unspecified atom stereocenters. The Bertz CT molecular complexity index is 776. The number of carbonyl (C=O) groups is 1. The number of nitrogens with one attached hydrogen (secondary N) is 1. The highest BCUT2D eigenvalue weighted by molar-refractivity contribution is 5.95. The molecule has 168 valence electrons. The zero-order valence-electron chi connectivity index (χ0n) is 18.9. The van der Waals surface area contributed by atoms with E-state index >= 15 is 0 Å². The van der Waals surface area contributed by atoms with Gasteiger partial charge in [-0.05, 0) is 45.7 Å². The van der Waals surface area contributed by atoms with E-state index in [1.165, 1.54) is 17.9 Å². The number of unbranched alkanes of at least 4 members (excludes halogenated alkanes) is 1. The molecule has 8 nitrogen and oxygen atoms in total. The minimum atomic E-state index is -0.829. The van der Waals surface area contributed by atoms with Crippen molar-refractivity contribution >= 4 is 17.3 Å². The lowest BCUT2D eigenvalue weighted by atomic mass is 9.80. The molecule has 0 aliphatic carbocycles. The Labute approximate surface area is 178 Å². The number of aliphatic hydroxyl groups is 1. The topological polar surface area (TPSA) is 105 Å². The van der Waals surface area contributed by atoms with Gasteiger partial charge < -0.3 is 20.1 Å². The molecule has 0 radical (unpaired) electrons. The molecule has 0 bridgehead atoms.